The van der Waals surface area contributed by atoms with Crippen molar-refractivity contribution in [3.05, 3.63) is 24.3 Å². The fourth-order valence-corrected chi connectivity index (χ4v) is 2.68. The van der Waals surface area contributed by atoms with Crippen molar-refractivity contribution >= 4 is 17.3 Å². The van der Waals surface area contributed by atoms with Gasteiger partial charge >= 0.3 is 0 Å². The summed E-state index contributed by atoms with van der Waals surface area (Å²) in [6, 6.07) is 8.12. The summed E-state index contributed by atoms with van der Waals surface area (Å²) >= 11 is 0. The molecule has 1 fully saturated rings. The monoisotopic (exact) mass is 275 g/mol. The maximum atomic E-state index is 12.1. The molecule has 0 bridgehead atoms. The zero-order valence-corrected chi connectivity index (χ0v) is 12.3. The van der Waals surface area contributed by atoms with E-state index in [4.69, 9.17) is 5.73 Å². The van der Waals surface area contributed by atoms with Gasteiger partial charge in [-0.05, 0) is 43.5 Å². The van der Waals surface area contributed by atoms with Crippen LogP contribution >= 0.6 is 0 Å². The maximum Gasteiger partial charge on any atom is 0.228 e. The smallest absolute Gasteiger partial charge is 0.228 e. The number of rotatable bonds is 6. The zero-order chi connectivity index (χ0) is 14.4. The lowest BCUT2D eigenvalue weighted by atomic mass is 10.0. The molecule has 1 aliphatic rings. The molecule has 1 aromatic rings. The highest BCUT2D eigenvalue weighted by Crippen LogP contribution is 2.22. The first-order valence-electron chi connectivity index (χ1n) is 7.60. The summed E-state index contributed by atoms with van der Waals surface area (Å²) in [6.45, 7) is 4.75. The molecule has 1 saturated heterocycles. The number of nitrogens with zero attached hydrogens (tertiary/aromatic N) is 1. The number of hydrogen-bond acceptors (Lipinski definition) is 3. The van der Waals surface area contributed by atoms with Gasteiger partial charge in [0.15, 0.2) is 0 Å². The van der Waals surface area contributed by atoms with Gasteiger partial charge in [0, 0.05) is 31.0 Å². The van der Waals surface area contributed by atoms with E-state index in [-0.39, 0.29) is 11.8 Å². The first-order chi connectivity index (χ1) is 9.74. The molecule has 1 atom stereocenters. The van der Waals surface area contributed by atoms with Gasteiger partial charge in [-0.3, -0.25) is 4.79 Å². The number of carbonyl (C=O) groups excluding carboxylic acids is 1. The second kappa shape index (κ2) is 7.29. The quantitative estimate of drug-likeness (QED) is 0.839. The molecular weight excluding hydrogens is 250 g/mol. The fraction of sp³-hybridized carbons (Fsp3) is 0.562. The third kappa shape index (κ3) is 3.73. The van der Waals surface area contributed by atoms with Gasteiger partial charge in [-0.1, -0.05) is 13.3 Å². The fourth-order valence-electron chi connectivity index (χ4n) is 2.68. The lowest BCUT2D eigenvalue weighted by Gasteiger charge is -2.18. The molecule has 0 radical (unpaired) electrons. The molecule has 0 aromatic heterocycles. The average Bonchev–Trinajstić information content (AvgIpc) is 2.99. The molecule has 0 aliphatic carbocycles. The number of amides is 1. The number of carbonyl (C=O) groups is 1. The maximum absolute atomic E-state index is 12.1. The van der Waals surface area contributed by atoms with Crippen LogP contribution in [0.2, 0.25) is 0 Å². The molecule has 1 amide bonds. The van der Waals surface area contributed by atoms with E-state index in [1.807, 2.05) is 12.1 Å². The molecule has 1 heterocycles. The Morgan fingerprint density at radius 3 is 2.50 bits per heavy atom. The van der Waals surface area contributed by atoms with Crippen LogP contribution in [0, 0.1) is 5.92 Å². The number of nitrogens with two attached hydrogens (primary N) is 1. The molecule has 1 unspecified atom stereocenters. The zero-order valence-electron chi connectivity index (χ0n) is 12.3. The second-order valence-corrected chi connectivity index (χ2v) is 5.45. The molecular formula is C16H25N3O. The lowest BCUT2D eigenvalue weighted by molar-refractivity contribution is -0.119. The molecule has 0 saturated carbocycles. The van der Waals surface area contributed by atoms with Crippen molar-refractivity contribution in [3.8, 4) is 0 Å². The van der Waals surface area contributed by atoms with Crippen LogP contribution in [0.5, 0.6) is 0 Å². The van der Waals surface area contributed by atoms with E-state index in [9.17, 15) is 4.79 Å². The standard InChI is InChI=1S/C16H25N3O/c1-2-5-13(12-17)16(20)18-14-6-8-15(9-7-14)19-10-3-4-11-19/h6-9,13H,2-5,10-12,17H2,1H3,(H,18,20). The predicted molar refractivity (Wildman–Crippen MR) is 84.0 cm³/mol. The number of anilines is 2. The first-order valence-corrected chi connectivity index (χ1v) is 7.60. The van der Waals surface area contributed by atoms with E-state index >= 15 is 0 Å². The van der Waals surface area contributed by atoms with Crippen LogP contribution in [0.25, 0.3) is 0 Å². The van der Waals surface area contributed by atoms with Crippen molar-refractivity contribution in [2.45, 2.75) is 32.6 Å². The van der Waals surface area contributed by atoms with Gasteiger partial charge in [0.1, 0.15) is 0 Å². The molecule has 20 heavy (non-hydrogen) atoms. The van der Waals surface area contributed by atoms with Crippen molar-refractivity contribution in [1.82, 2.24) is 0 Å². The highest BCUT2D eigenvalue weighted by molar-refractivity contribution is 5.92. The third-order valence-corrected chi connectivity index (χ3v) is 3.90. The molecule has 1 aliphatic heterocycles. The molecule has 3 N–H and O–H groups in total. The Balaban J connectivity index is 1.94. The highest BCUT2D eigenvalue weighted by Gasteiger charge is 2.16. The normalized spacial score (nSPS) is 16.2. The molecule has 110 valence electrons. The predicted octanol–water partition coefficient (Wildman–Crippen LogP) is 2.60. The Labute approximate surface area is 121 Å². The molecule has 2 rings (SSSR count). The van der Waals surface area contributed by atoms with Crippen molar-refractivity contribution in [2.24, 2.45) is 11.7 Å². The Bertz CT molecular complexity index is 424. The Kier molecular flexibility index (Phi) is 5.41. The molecule has 4 heteroatoms. The van der Waals surface area contributed by atoms with Crippen LogP contribution in [0.1, 0.15) is 32.6 Å². The lowest BCUT2D eigenvalue weighted by Crippen LogP contribution is -2.29. The van der Waals surface area contributed by atoms with E-state index in [1.165, 1.54) is 18.5 Å². The Morgan fingerprint density at radius 2 is 1.95 bits per heavy atom. The van der Waals surface area contributed by atoms with Crippen molar-refractivity contribution in [1.29, 1.82) is 0 Å². The van der Waals surface area contributed by atoms with Gasteiger partial charge in [0.2, 0.25) is 5.91 Å². The molecule has 0 spiro atoms. The minimum Gasteiger partial charge on any atom is -0.372 e. The van der Waals surface area contributed by atoms with E-state index in [2.05, 4.69) is 29.3 Å². The number of hydrogen-bond donors (Lipinski definition) is 2. The van der Waals surface area contributed by atoms with Gasteiger partial charge in [-0.25, -0.2) is 0 Å². The number of benzene rings is 1. The summed E-state index contributed by atoms with van der Waals surface area (Å²) < 4.78 is 0. The van der Waals surface area contributed by atoms with Crippen molar-refractivity contribution in [2.75, 3.05) is 29.9 Å². The van der Waals surface area contributed by atoms with Crippen LogP contribution < -0.4 is 16.0 Å². The summed E-state index contributed by atoms with van der Waals surface area (Å²) in [5, 5.41) is 2.96. The van der Waals surface area contributed by atoms with E-state index in [0.717, 1.165) is 31.6 Å². The highest BCUT2D eigenvalue weighted by atomic mass is 16.1. The molecule has 1 aromatic carbocycles. The minimum atomic E-state index is -0.0849. The Hall–Kier alpha value is -1.55. The average molecular weight is 275 g/mol. The van der Waals surface area contributed by atoms with Crippen LogP contribution in [-0.2, 0) is 4.79 Å². The van der Waals surface area contributed by atoms with E-state index < -0.39 is 0 Å². The van der Waals surface area contributed by atoms with Crippen LogP contribution in [0.4, 0.5) is 11.4 Å². The van der Waals surface area contributed by atoms with Crippen LogP contribution in [0.15, 0.2) is 24.3 Å². The van der Waals surface area contributed by atoms with Crippen LogP contribution in [-0.4, -0.2) is 25.5 Å². The summed E-state index contributed by atoms with van der Waals surface area (Å²) in [7, 11) is 0. The minimum absolute atomic E-state index is 0.0308. The van der Waals surface area contributed by atoms with Gasteiger partial charge in [-0.2, -0.15) is 0 Å². The van der Waals surface area contributed by atoms with Crippen molar-refractivity contribution < 1.29 is 4.79 Å². The number of nitrogens with one attached hydrogen (secondary N) is 1. The van der Waals surface area contributed by atoms with Gasteiger partial charge < -0.3 is 16.0 Å². The van der Waals surface area contributed by atoms with Gasteiger partial charge in [0.25, 0.3) is 0 Å². The van der Waals surface area contributed by atoms with Crippen LogP contribution in [0.3, 0.4) is 0 Å². The topological polar surface area (TPSA) is 58.4 Å². The SMILES string of the molecule is CCCC(CN)C(=O)Nc1ccc(N2CCCC2)cc1. The third-order valence-electron chi connectivity index (χ3n) is 3.90. The van der Waals surface area contributed by atoms with E-state index in [0.29, 0.717) is 6.54 Å². The van der Waals surface area contributed by atoms with E-state index in [1.54, 1.807) is 0 Å². The second-order valence-electron chi connectivity index (χ2n) is 5.45. The summed E-state index contributed by atoms with van der Waals surface area (Å²) in [4.78, 5) is 14.5. The van der Waals surface area contributed by atoms with Crippen molar-refractivity contribution in [3.63, 3.8) is 0 Å². The first kappa shape index (κ1) is 14.9. The van der Waals surface area contributed by atoms with Gasteiger partial charge in [-0.15, -0.1) is 0 Å². The largest absolute Gasteiger partial charge is 0.372 e. The summed E-state index contributed by atoms with van der Waals surface area (Å²) in [5.74, 6) is -0.0541. The Morgan fingerprint density at radius 1 is 1.30 bits per heavy atom. The summed E-state index contributed by atoms with van der Waals surface area (Å²) in [6.07, 6.45) is 4.36. The molecule has 4 nitrogen and oxygen atoms in total. The van der Waals surface area contributed by atoms with Gasteiger partial charge in [0.05, 0.1) is 5.92 Å². The summed E-state index contributed by atoms with van der Waals surface area (Å²) in [5.41, 5.74) is 7.75.